The van der Waals surface area contributed by atoms with E-state index < -0.39 is 11.7 Å². The van der Waals surface area contributed by atoms with Crippen LogP contribution in [0.1, 0.15) is 47.5 Å². The van der Waals surface area contributed by atoms with Crippen molar-refractivity contribution in [2.45, 2.75) is 59.2 Å². The molecule has 0 aromatic rings. The van der Waals surface area contributed by atoms with Gasteiger partial charge in [-0.15, -0.1) is 0 Å². The Morgan fingerprint density at radius 1 is 1.41 bits per heavy atom. The lowest BCUT2D eigenvalue weighted by Crippen LogP contribution is -2.40. The van der Waals surface area contributed by atoms with Crippen LogP contribution in [0.3, 0.4) is 0 Å². The van der Waals surface area contributed by atoms with Gasteiger partial charge in [0, 0.05) is 12.0 Å². The van der Waals surface area contributed by atoms with E-state index >= 15 is 0 Å². The SMILES string of the molecule is CC(C)C(O)C1(CNC(=O)OC(C)(C)C)CC1. The lowest BCUT2D eigenvalue weighted by Gasteiger charge is -2.26. The van der Waals surface area contributed by atoms with E-state index in [1.54, 1.807) is 0 Å². The zero-order valence-electron chi connectivity index (χ0n) is 11.5. The molecule has 4 heteroatoms. The van der Waals surface area contributed by atoms with Crippen molar-refractivity contribution >= 4 is 6.09 Å². The number of amides is 1. The highest BCUT2D eigenvalue weighted by molar-refractivity contribution is 5.67. The molecule has 1 fully saturated rings. The van der Waals surface area contributed by atoms with Gasteiger partial charge in [0.25, 0.3) is 0 Å². The van der Waals surface area contributed by atoms with Crippen molar-refractivity contribution in [1.29, 1.82) is 0 Å². The molecule has 0 spiro atoms. The normalized spacial score (nSPS) is 19.9. The maximum atomic E-state index is 11.5. The van der Waals surface area contributed by atoms with Crippen LogP contribution >= 0.6 is 0 Å². The van der Waals surface area contributed by atoms with Gasteiger partial charge in [-0.2, -0.15) is 0 Å². The Labute approximate surface area is 104 Å². The van der Waals surface area contributed by atoms with Crippen molar-refractivity contribution in [3.8, 4) is 0 Å². The average molecular weight is 243 g/mol. The molecule has 100 valence electrons. The standard InChI is InChI=1S/C13H25NO3/c1-9(2)10(15)13(6-7-13)8-14-11(16)17-12(3,4)5/h9-10,15H,6-8H2,1-5H3,(H,14,16). The summed E-state index contributed by atoms with van der Waals surface area (Å²) in [5, 5.41) is 12.8. The third kappa shape index (κ3) is 4.19. The van der Waals surface area contributed by atoms with E-state index in [0.29, 0.717) is 6.54 Å². The molecule has 0 heterocycles. The van der Waals surface area contributed by atoms with E-state index in [1.807, 2.05) is 34.6 Å². The molecule has 1 unspecified atom stereocenters. The van der Waals surface area contributed by atoms with Crippen molar-refractivity contribution in [3.05, 3.63) is 0 Å². The Hall–Kier alpha value is -0.770. The van der Waals surface area contributed by atoms with Crippen molar-refractivity contribution < 1.29 is 14.6 Å². The summed E-state index contributed by atoms with van der Waals surface area (Å²) in [5.41, 5.74) is -0.595. The average Bonchev–Trinajstić information content (AvgIpc) is 2.91. The first-order valence-corrected chi connectivity index (χ1v) is 6.31. The minimum Gasteiger partial charge on any atom is -0.444 e. The summed E-state index contributed by atoms with van der Waals surface area (Å²) in [5.74, 6) is 0.220. The largest absolute Gasteiger partial charge is 0.444 e. The summed E-state index contributed by atoms with van der Waals surface area (Å²) >= 11 is 0. The molecule has 1 aliphatic carbocycles. The Bertz CT molecular complexity index is 277. The predicted molar refractivity (Wildman–Crippen MR) is 66.7 cm³/mol. The number of alkyl carbamates (subject to hydrolysis) is 1. The summed E-state index contributed by atoms with van der Waals surface area (Å²) in [6, 6.07) is 0. The highest BCUT2D eigenvalue weighted by Crippen LogP contribution is 2.50. The summed E-state index contributed by atoms with van der Waals surface area (Å²) in [4.78, 5) is 11.5. The van der Waals surface area contributed by atoms with Gasteiger partial charge in [-0.25, -0.2) is 4.79 Å². The molecule has 1 amide bonds. The zero-order chi connectivity index (χ0) is 13.3. The quantitative estimate of drug-likeness (QED) is 0.796. The Morgan fingerprint density at radius 2 is 1.94 bits per heavy atom. The van der Waals surface area contributed by atoms with Crippen molar-refractivity contribution in [2.75, 3.05) is 6.54 Å². The van der Waals surface area contributed by atoms with Crippen LogP contribution in [0.2, 0.25) is 0 Å². The second-order valence-electron chi connectivity index (χ2n) is 6.41. The minimum atomic E-state index is -0.475. The highest BCUT2D eigenvalue weighted by atomic mass is 16.6. The van der Waals surface area contributed by atoms with Crippen LogP contribution in [-0.2, 0) is 4.74 Å². The summed E-state index contributed by atoms with van der Waals surface area (Å²) in [6.07, 6.45) is 1.20. The molecule has 1 rings (SSSR count). The van der Waals surface area contributed by atoms with Gasteiger partial charge in [-0.05, 0) is 39.5 Å². The third-order valence-electron chi connectivity index (χ3n) is 3.13. The van der Waals surface area contributed by atoms with E-state index in [2.05, 4.69) is 5.32 Å². The van der Waals surface area contributed by atoms with Crippen LogP contribution in [-0.4, -0.2) is 29.4 Å². The number of hydrogen-bond acceptors (Lipinski definition) is 3. The smallest absolute Gasteiger partial charge is 0.407 e. The van der Waals surface area contributed by atoms with Crippen molar-refractivity contribution in [1.82, 2.24) is 5.32 Å². The second kappa shape index (κ2) is 4.84. The number of rotatable bonds is 4. The molecule has 17 heavy (non-hydrogen) atoms. The maximum Gasteiger partial charge on any atom is 0.407 e. The van der Waals surface area contributed by atoms with Gasteiger partial charge >= 0.3 is 6.09 Å². The molecular formula is C13H25NO3. The number of ether oxygens (including phenoxy) is 1. The molecular weight excluding hydrogens is 218 g/mol. The lowest BCUT2D eigenvalue weighted by atomic mass is 9.90. The number of nitrogens with one attached hydrogen (secondary N) is 1. The highest BCUT2D eigenvalue weighted by Gasteiger charge is 2.50. The van der Waals surface area contributed by atoms with E-state index in [9.17, 15) is 9.90 Å². The molecule has 1 saturated carbocycles. The van der Waals surface area contributed by atoms with Crippen LogP contribution in [0.4, 0.5) is 4.79 Å². The van der Waals surface area contributed by atoms with E-state index in [1.165, 1.54) is 0 Å². The van der Waals surface area contributed by atoms with Crippen LogP contribution in [0, 0.1) is 11.3 Å². The van der Waals surface area contributed by atoms with E-state index in [4.69, 9.17) is 4.74 Å². The lowest BCUT2D eigenvalue weighted by molar-refractivity contribution is 0.0360. The molecule has 0 bridgehead atoms. The zero-order valence-corrected chi connectivity index (χ0v) is 11.5. The van der Waals surface area contributed by atoms with Crippen molar-refractivity contribution in [3.63, 3.8) is 0 Å². The van der Waals surface area contributed by atoms with Crippen LogP contribution < -0.4 is 5.32 Å². The molecule has 1 atom stereocenters. The van der Waals surface area contributed by atoms with Gasteiger partial charge in [-0.1, -0.05) is 13.8 Å². The van der Waals surface area contributed by atoms with Gasteiger partial charge in [0.15, 0.2) is 0 Å². The third-order valence-corrected chi connectivity index (χ3v) is 3.13. The molecule has 0 saturated heterocycles. The maximum absolute atomic E-state index is 11.5. The molecule has 1 aliphatic rings. The number of hydrogen-bond donors (Lipinski definition) is 2. The van der Waals surface area contributed by atoms with E-state index in [-0.39, 0.29) is 17.4 Å². The van der Waals surface area contributed by atoms with E-state index in [0.717, 1.165) is 12.8 Å². The van der Waals surface area contributed by atoms with Gasteiger partial charge in [0.2, 0.25) is 0 Å². The van der Waals surface area contributed by atoms with Crippen LogP contribution in [0.25, 0.3) is 0 Å². The number of aliphatic hydroxyl groups excluding tert-OH is 1. The second-order valence-corrected chi connectivity index (χ2v) is 6.41. The molecule has 0 radical (unpaired) electrons. The first kappa shape index (κ1) is 14.3. The predicted octanol–water partition coefficient (Wildman–Crippen LogP) is 2.31. The van der Waals surface area contributed by atoms with Gasteiger partial charge in [0.05, 0.1) is 6.10 Å². The first-order valence-electron chi connectivity index (χ1n) is 6.31. The van der Waals surface area contributed by atoms with Gasteiger partial charge in [-0.3, -0.25) is 0 Å². The minimum absolute atomic E-state index is 0.120. The fourth-order valence-electron chi connectivity index (χ4n) is 2.01. The molecule has 2 N–H and O–H groups in total. The summed E-state index contributed by atoms with van der Waals surface area (Å²) < 4.78 is 5.17. The van der Waals surface area contributed by atoms with Crippen LogP contribution in [0.5, 0.6) is 0 Å². The number of carbonyl (C=O) groups excluding carboxylic acids is 1. The fraction of sp³-hybridized carbons (Fsp3) is 0.923. The first-order chi connectivity index (χ1) is 7.66. The topological polar surface area (TPSA) is 58.6 Å². The van der Waals surface area contributed by atoms with Gasteiger partial charge < -0.3 is 15.2 Å². The Balaban J connectivity index is 2.38. The number of aliphatic hydroxyl groups is 1. The fourth-order valence-corrected chi connectivity index (χ4v) is 2.01. The van der Waals surface area contributed by atoms with Crippen LogP contribution in [0.15, 0.2) is 0 Å². The molecule has 4 nitrogen and oxygen atoms in total. The summed E-state index contributed by atoms with van der Waals surface area (Å²) in [6.45, 7) is 10.0. The molecule has 0 aliphatic heterocycles. The Kier molecular flexibility index (Phi) is 4.07. The summed E-state index contributed by atoms with van der Waals surface area (Å²) in [7, 11) is 0. The van der Waals surface area contributed by atoms with Crippen molar-refractivity contribution in [2.24, 2.45) is 11.3 Å². The molecule has 0 aromatic heterocycles. The monoisotopic (exact) mass is 243 g/mol. The number of carbonyl (C=O) groups is 1. The van der Waals surface area contributed by atoms with Gasteiger partial charge in [0.1, 0.15) is 5.60 Å². The molecule has 0 aromatic carbocycles. The Morgan fingerprint density at radius 3 is 2.29 bits per heavy atom.